The summed E-state index contributed by atoms with van der Waals surface area (Å²) in [6.07, 6.45) is 2.66. The number of benzene rings is 2. The number of aromatic amines is 2. The first-order chi connectivity index (χ1) is 18.5. The molecule has 0 radical (unpaired) electrons. The number of rotatable bonds is 5. The Bertz CT molecular complexity index is 1750. The number of nitrogens with zero attached hydrogens (tertiary/aromatic N) is 5. The Balaban J connectivity index is 1.16. The van der Waals surface area contributed by atoms with Crippen LogP contribution < -0.4 is 15.5 Å². The van der Waals surface area contributed by atoms with E-state index in [9.17, 15) is 9.18 Å². The van der Waals surface area contributed by atoms with Crippen LogP contribution in [0.1, 0.15) is 12.0 Å². The van der Waals surface area contributed by atoms with Gasteiger partial charge in [-0.05, 0) is 36.0 Å². The van der Waals surface area contributed by atoms with Gasteiger partial charge in [-0.15, -0.1) is 0 Å². The van der Waals surface area contributed by atoms with Crippen molar-refractivity contribution in [2.24, 2.45) is 17.6 Å². The number of piperidine rings is 1. The molecule has 1 saturated carbocycles. The second kappa shape index (κ2) is 8.69. The maximum absolute atomic E-state index is 14.7. The number of nitrogens with one attached hydrogen (secondary N) is 2. The number of nitrogens with two attached hydrogens (primary N) is 1. The molecular formula is C26H22ClFN8OS. The molecule has 0 amide bonds. The maximum atomic E-state index is 14.7. The summed E-state index contributed by atoms with van der Waals surface area (Å²) < 4.78 is 18.8. The highest BCUT2D eigenvalue weighted by Gasteiger charge is 2.66. The zero-order valence-corrected chi connectivity index (χ0v) is 21.6. The second-order valence-corrected chi connectivity index (χ2v) is 11.0. The van der Waals surface area contributed by atoms with Crippen LogP contribution in [-0.4, -0.2) is 49.2 Å². The molecule has 2 fully saturated rings. The van der Waals surface area contributed by atoms with Crippen LogP contribution in [-0.2, 0) is 5.41 Å². The molecule has 4 heterocycles. The number of halogens is 2. The van der Waals surface area contributed by atoms with Crippen LogP contribution >= 0.6 is 23.1 Å². The topological polar surface area (TPSA) is 129 Å². The van der Waals surface area contributed by atoms with Gasteiger partial charge in [-0.2, -0.15) is 9.47 Å². The molecule has 4 N–H and O–H groups in total. The average molecular weight is 549 g/mol. The minimum absolute atomic E-state index is 0.185. The molecule has 3 atom stereocenters. The highest BCUT2D eigenvalue weighted by molar-refractivity contribution is 7.03. The van der Waals surface area contributed by atoms with Gasteiger partial charge in [0.15, 0.2) is 5.82 Å². The van der Waals surface area contributed by atoms with Crippen molar-refractivity contribution in [3.63, 3.8) is 0 Å². The molecule has 0 unspecified atom stereocenters. The Morgan fingerprint density at radius 3 is 2.87 bits per heavy atom. The Kier molecular flexibility index (Phi) is 5.36. The molecule has 2 aliphatic rings. The van der Waals surface area contributed by atoms with Crippen LogP contribution in [0.25, 0.3) is 33.8 Å². The van der Waals surface area contributed by atoms with E-state index in [-0.39, 0.29) is 22.0 Å². The standard InChI is InChI=1S/C26H22ClFN8OS/c27-18-9-13(23-32-25(37)38-35-23)5-6-14(18)21-22-24(34-33-21)31-20(10-30-22)36-8-7-15-17(11-36)26(15,12-29)16-3-1-2-4-19(16)28/h1-6,9-10,15,17H,7-8,11-12,29H2,(H,31,33,34)(H,32,35,37)/t15-,17+,26-/m1/s1. The monoisotopic (exact) mass is 548 g/mol. The van der Waals surface area contributed by atoms with Crippen molar-refractivity contribution in [3.8, 4) is 22.6 Å². The lowest BCUT2D eigenvalue weighted by Gasteiger charge is -2.26. The summed E-state index contributed by atoms with van der Waals surface area (Å²) in [5, 5.41) is 7.89. The van der Waals surface area contributed by atoms with Gasteiger partial charge < -0.3 is 10.6 Å². The molecule has 7 rings (SSSR count). The Hall–Kier alpha value is -3.67. The van der Waals surface area contributed by atoms with Gasteiger partial charge in [-0.25, -0.2) is 14.4 Å². The zero-order valence-electron chi connectivity index (χ0n) is 20.0. The number of hydrogen-bond donors (Lipinski definition) is 3. The fourth-order valence-corrected chi connectivity index (χ4v) is 6.92. The van der Waals surface area contributed by atoms with E-state index in [1.54, 1.807) is 18.3 Å². The third-order valence-corrected chi connectivity index (χ3v) is 8.92. The van der Waals surface area contributed by atoms with Gasteiger partial charge in [0.1, 0.15) is 17.2 Å². The van der Waals surface area contributed by atoms with Crippen LogP contribution in [0.2, 0.25) is 5.02 Å². The first-order valence-electron chi connectivity index (χ1n) is 12.3. The fraction of sp³-hybridized carbons (Fsp3) is 0.269. The van der Waals surface area contributed by atoms with Crippen molar-refractivity contribution in [2.75, 3.05) is 24.5 Å². The predicted octanol–water partition coefficient (Wildman–Crippen LogP) is 3.98. The lowest BCUT2D eigenvalue weighted by atomic mass is 9.91. The molecule has 1 aliphatic heterocycles. The van der Waals surface area contributed by atoms with Gasteiger partial charge in [-0.3, -0.25) is 14.9 Å². The SMILES string of the molecule is NC[C@]1(c2ccccc2F)[C@@H]2CCN(c3cnc4c(-c5ccc(-c6nsc(=O)[nH]6)cc5Cl)[nH]nc4n3)C[C@@H]21. The number of H-pyrrole nitrogens is 2. The summed E-state index contributed by atoms with van der Waals surface area (Å²) in [4.78, 5) is 25.6. The number of hydrogen-bond acceptors (Lipinski definition) is 8. The van der Waals surface area contributed by atoms with Crippen molar-refractivity contribution < 1.29 is 4.39 Å². The van der Waals surface area contributed by atoms with Gasteiger partial charge in [-0.1, -0.05) is 41.9 Å². The molecule has 1 aliphatic carbocycles. The predicted molar refractivity (Wildman–Crippen MR) is 145 cm³/mol. The summed E-state index contributed by atoms with van der Waals surface area (Å²) >= 11 is 7.46. The smallest absolute Gasteiger partial charge is 0.323 e. The summed E-state index contributed by atoms with van der Waals surface area (Å²) in [7, 11) is 0. The minimum Gasteiger partial charge on any atom is -0.355 e. The van der Waals surface area contributed by atoms with E-state index in [1.807, 2.05) is 24.3 Å². The van der Waals surface area contributed by atoms with E-state index < -0.39 is 0 Å². The van der Waals surface area contributed by atoms with E-state index in [0.717, 1.165) is 42.4 Å². The molecule has 9 nitrogen and oxygen atoms in total. The first-order valence-corrected chi connectivity index (χ1v) is 13.4. The molecule has 3 aromatic heterocycles. The van der Waals surface area contributed by atoms with E-state index in [2.05, 4.69) is 29.4 Å². The highest BCUT2D eigenvalue weighted by Crippen LogP contribution is 2.63. The molecule has 1 saturated heterocycles. The average Bonchev–Trinajstić information content (AvgIpc) is 3.17. The van der Waals surface area contributed by atoms with Gasteiger partial charge >= 0.3 is 4.87 Å². The van der Waals surface area contributed by atoms with Gasteiger partial charge in [0, 0.05) is 47.7 Å². The molecule has 0 bridgehead atoms. The summed E-state index contributed by atoms with van der Waals surface area (Å²) in [6.45, 7) is 1.95. The van der Waals surface area contributed by atoms with Crippen molar-refractivity contribution in [1.29, 1.82) is 0 Å². The van der Waals surface area contributed by atoms with E-state index in [0.29, 0.717) is 51.3 Å². The molecule has 2 aromatic carbocycles. The van der Waals surface area contributed by atoms with E-state index in [1.165, 1.54) is 6.07 Å². The van der Waals surface area contributed by atoms with E-state index in [4.69, 9.17) is 22.3 Å². The number of fused-ring (bicyclic) bond motifs is 2. The van der Waals surface area contributed by atoms with Gasteiger partial charge in [0.2, 0.25) is 5.65 Å². The number of aromatic nitrogens is 6. The largest absolute Gasteiger partial charge is 0.355 e. The lowest BCUT2D eigenvalue weighted by Crippen LogP contribution is -2.32. The number of anilines is 1. The van der Waals surface area contributed by atoms with Crippen molar-refractivity contribution in [1.82, 2.24) is 29.5 Å². The third-order valence-electron chi connectivity index (χ3n) is 8.07. The minimum atomic E-state index is -0.328. The first kappa shape index (κ1) is 23.4. The van der Waals surface area contributed by atoms with Crippen molar-refractivity contribution >= 4 is 40.1 Å². The summed E-state index contributed by atoms with van der Waals surface area (Å²) in [6, 6.07) is 12.4. The maximum Gasteiger partial charge on any atom is 0.323 e. The molecular weight excluding hydrogens is 527 g/mol. The van der Waals surface area contributed by atoms with Crippen LogP contribution in [0.5, 0.6) is 0 Å². The second-order valence-electron chi connectivity index (χ2n) is 9.81. The Morgan fingerprint density at radius 1 is 1.24 bits per heavy atom. The van der Waals surface area contributed by atoms with Gasteiger partial charge in [0.05, 0.1) is 16.9 Å². The summed E-state index contributed by atoms with van der Waals surface area (Å²) in [5.74, 6) is 1.64. The van der Waals surface area contributed by atoms with Crippen molar-refractivity contribution in [2.45, 2.75) is 11.8 Å². The molecule has 38 heavy (non-hydrogen) atoms. The van der Waals surface area contributed by atoms with Crippen molar-refractivity contribution in [3.05, 3.63) is 74.7 Å². The molecule has 0 spiro atoms. The molecule has 5 aromatic rings. The molecule has 12 heteroatoms. The molecule has 192 valence electrons. The quantitative estimate of drug-likeness (QED) is 0.303. The zero-order chi connectivity index (χ0) is 26.0. The van der Waals surface area contributed by atoms with Crippen LogP contribution in [0.3, 0.4) is 0 Å². The summed E-state index contributed by atoms with van der Waals surface area (Å²) in [5.41, 5.74) is 9.82. The highest BCUT2D eigenvalue weighted by atomic mass is 35.5. The Morgan fingerprint density at radius 2 is 2.11 bits per heavy atom. The third kappa shape index (κ3) is 3.49. The van der Waals surface area contributed by atoms with Crippen LogP contribution in [0.15, 0.2) is 53.5 Å². The Labute approximate surface area is 225 Å². The van der Waals surface area contributed by atoms with Crippen LogP contribution in [0.4, 0.5) is 10.2 Å². The normalized spacial score (nSPS) is 22.6. The lowest BCUT2D eigenvalue weighted by molar-refractivity contribution is 0.533. The fourth-order valence-electron chi connectivity index (χ4n) is 6.18. The van der Waals surface area contributed by atoms with Gasteiger partial charge in [0.25, 0.3) is 0 Å². The van der Waals surface area contributed by atoms with E-state index >= 15 is 0 Å². The van der Waals surface area contributed by atoms with Crippen LogP contribution in [0, 0.1) is 17.7 Å².